The summed E-state index contributed by atoms with van der Waals surface area (Å²) < 4.78 is 0. The maximum Gasteiger partial charge on any atom is 0.326 e. The number of aliphatic carboxylic acids is 2. The lowest BCUT2D eigenvalue weighted by Crippen LogP contribution is -2.57. The van der Waals surface area contributed by atoms with Crippen LogP contribution in [-0.4, -0.2) is 92.5 Å². The van der Waals surface area contributed by atoms with Gasteiger partial charge in [0.2, 0.25) is 17.7 Å². The zero-order valence-corrected chi connectivity index (χ0v) is 21.8. The van der Waals surface area contributed by atoms with Gasteiger partial charge in [0.05, 0.1) is 12.5 Å². The third-order valence-electron chi connectivity index (χ3n) is 6.51. The van der Waals surface area contributed by atoms with E-state index < -0.39 is 60.2 Å². The van der Waals surface area contributed by atoms with Crippen molar-refractivity contribution in [3.63, 3.8) is 0 Å². The van der Waals surface area contributed by atoms with Crippen molar-refractivity contribution >= 4 is 52.3 Å². The molecule has 2 heterocycles. The van der Waals surface area contributed by atoms with Crippen LogP contribution in [0.3, 0.4) is 0 Å². The third-order valence-corrected chi connectivity index (χ3v) is 7.15. The minimum atomic E-state index is -1.32. The molecule has 1 fully saturated rings. The Kier molecular flexibility index (Phi) is 10.1. The molecule has 38 heavy (non-hydrogen) atoms. The molecule has 12 nitrogen and oxygen atoms in total. The van der Waals surface area contributed by atoms with E-state index in [4.69, 9.17) is 10.8 Å². The number of carbonyl (C=O) groups excluding carboxylic acids is 3. The van der Waals surface area contributed by atoms with E-state index in [0.29, 0.717) is 18.6 Å². The average Bonchev–Trinajstić information content (AvgIpc) is 3.53. The number of carboxylic acids is 2. The Morgan fingerprint density at radius 3 is 2.58 bits per heavy atom. The molecular formula is C25H33N5O7S. The molecule has 0 spiro atoms. The smallest absolute Gasteiger partial charge is 0.326 e. The quantitative estimate of drug-likeness (QED) is 0.205. The van der Waals surface area contributed by atoms with Crippen LogP contribution in [0.4, 0.5) is 0 Å². The van der Waals surface area contributed by atoms with Crippen molar-refractivity contribution in [1.82, 2.24) is 20.5 Å². The molecule has 0 saturated carbocycles. The molecule has 1 aliphatic heterocycles. The molecule has 0 bridgehead atoms. The lowest BCUT2D eigenvalue weighted by atomic mass is 10.0. The Morgan fingerprint density at radius 2 is 1.89 bits per heavy atom. The number of nitrogens with two attached hydrogens (primary N) is 1. The van der Waals surface area contributed by atoms with Gasteiger partial charge in [-0.2, -0.15) is 11.8 Å². The Balaban J connectivity index is 1.71. The third kappa shape index (κ3) is 7.25. The molecule has 4 atom stereocenters. The number of para-hydroxylation sites is 1. The van der Waals surface area contributed by atoms with E-state index in [1.54, 1.807) is 6.20 Å². The monoisotopic (exact) mass is 547 g/mol. The number of aromatic amines is 1. The number of H-pyrrole nitrogens is 1. The molecule has 0 aliphatic carbocycles. The zero-order chi connectivity index (χ0) is 27.8. The van der Waals surface area contributed by atoms with Gasteiger partial charge in [0.25, 0.3) is 0 Å². The number of hydrogen-bond donors (Lipinski definition) is 6. The van der Waals surface area contributed by atoms with Gasteiger partial charge in [-0.05, 0) is 42.9 Å². The number of aromatic nitrogens is 1. The Labute approximate surface area is 223 Å². The van der Waals surface area contributed by atoms with Gasteiger partial charge < -0.3 is 36.5 Å². The molecule has 206 valence electrons. The molecule has 1 aromatic carbocycles. The molecular weight excluding hydrogens is 514 g/mol. The second kappa shape index (κ2) is 13.3. The first kappa shape index (κ1) is 29.0. The van der Waals surface area contributed by atoms with Crippen molar-refractivity contribution in [3.05, 3.63) is 36.0 Å². The maximum atomic E-state index is 13.4. The van der Waals surface area contributed by atoms with Gasteiger partial charge in [0.15, 0.2) is 0 Å². The van der Waals surface area contributed by atoms with Gasteiger partial charge >= 0.3 is 11.9 Å². The predicted molar refractivity (Wildman–Crippen MR) is 141 cm³/mol. The molecule has 2 aromatic rings. The number of benzene rings is 1. The highest BCUT2D eigenvalue weighted by atomic mass is 32.2. The number of likely N-dealkylation sites (tertiary alicyclic amines) is 1. The standard InChI is InChI=1S/C25H33N5O7S/c1-38-10-8-18(28-22(33)16(26)12-21(31)32)24(35)30-9-4-7-20(30)23(34)29-19(25(36)37)11-14-13-27-17-6-3-2-5-15(14)17/h2-3,5-6,13,16,18-20,27H,4,7-12,26H2,1H3,(H,28,33)(H,29,34)(H,31,32)(H,36,37). The first-order valence-electron chi connectivity index (χ1n) is 12.3. The number of amides is 3. The normalized spacial score (nSPS) is 17.5. The van der Waals surface area contributed by atoms with Crippen LogP contribution in [0, 0.1) is 0 Å². The summed E-state index contributed by atoms with van der Waals surface area (Å²) in [5.41, 5.74) is 7.25. The summed E-state index contributed by atoms with van der Waals surface area (Å²) in [5, 5.41) is 24.7. The molecule has 4 unspecified atom stereocenters. The average molecular weight is 548 g/mol. The van der Waals surface area contributed by atoms with Gasteiger partial charge in [0.1, 0.15) is 18.1 Å². The summed E-state index contributed by atoms with van der Waals surface area (Å²) in [6, 6.07) is 3.02. The van der Waals surface area contributed by atoms with Crippen LogP contribution in [0.15, 0.2) is 30.5 Å². The summed E-state index contributed by atoms with van der Waals surface area (Å²) in [7, 11) is 0. The van der Waals surface area contributed by atoms with E-state index in [2.05, 4.69) is 15.6 Å². The van der Waals surface area contributed by atoms with Crippen LogP contribution < -0.4 is 16.4 Å². The van der Waals surface area contributed by atoms with Crippen molar-refractivity contribution in [1.29, 1.82) is 0 Å². The number of carbonyl (C=O) groups is 5. The Morgan fingerprint density at radius 1 is 1.16 bits per heavy atom. The molecule has 7 N–H and O–H groups in total. The lowest BCUT2D eigenvalue weighted by molar-refractivity contribution is -0.145. The molecule has 3 amide bonds. The second-order valence-corrected chi connectivity index (χ2v) is 10.2. The number of carboxylic acid groups (broad SMARTS) is 2. The molecule has 1 aliphatic rings. The van der Waals surface area contributed by atoms with Crippen LogP contribution in [0.1, 0.15) is 31.2 Å². The van der Waals surface area contributed by atoms with Crippen molar-refractivity contribution < 1.29 is 34.2 Å². The number of nitrogens with one attached hydrogen (secondary N) is 3. The number of fused-ring (bicyclic) bond motifs is 1. The number of thioether (sulfide) groups is 1. The molecule has 13 heteroatoms. The number of hydrogen-bond acceptors (Lipinski definition) is 7. The van der Waals surface area contributed by atoms with Gasteiger partial charge in [-0.3, -0.25) is 19.2 Å². The van der Waals surface area contributed by atoms with E-state index in [0.717, 1.165) is 16.5 Å². The summed E-state index contributed by atoms with van der Waals surface area (Å²) >= 11 is 1.46. The maximum absolute atomic E-state index is 13.4. The van der Waals surface area contributed by atoms with E-state index >= 15 is 0 Å². The van der Waals surface area contributed by atoms with E-state index in [1.165, 1.54) is 16.7 Å². The fraction of sp³-hybridized carbons (Fsp3) is 0.480. The van der Waals surface area contributed by atoms with Crippen LogP contribution >= 0.6 is 11.8 Å². The number of rotatable bonds is 13. The SMILES string of the molecule is CSCCC(NC(=O)C(N)CC(=O)O)C(=O)N1CCCC1C(=O)NC(Cc1c[nH]c2ccccc12)C(=O)O. The Hall–Kier alpha value is -3.58. The zero-order valence-electron chi connectivity index (χ0n) is 21.0. The fourth-order valence-electron chi connectivity index (χ4n) is 4.54. The highest BCUT2D eigenvalue weighted by Crippen LogP contribution is 2.22. The van der Waals surface area contributed by atoms with Gasteiger partial charge in [0, 0.05) is 30.1 Å². The minimum absolute atomic E-state index is 0.0552. The summed E-state index contributed by atoms with van der Waals surface area (Å²) in [4.78, 5) is 66.4. The molecule has 0 radical (unpaired) electrons. The van der Waals surface area contributed by atoms with Crippen molar-refractivity contribution in [2.24, 2.45) is 5.73 Å². The van der Waals surface area contributed by atoms with Crippen molar-refractivity contribution in [3.8, 4) is 0 Å². The van der Waals surface area contributed by atoms with E-state index in [1.807, 2.05) is 30.5 Å². The van der Waals surface area contributed by atoms with Crippen LogP contribution in [-0.2, 0) is 30.4 Å². The fourth-order valence-corrected chi connectivity index (χ4v) is 5.02. The van der Waals surface area contributed by atoms with Crippen LogP contribution in [0.5, 0.6) is 0 Å². The minimum Gasteiger partial charge on any atom is -0.481 e. The Bertz CT molecular complexity index is 1190. The highest BCUT2D eigenvalue weighted by molar-refractivity contribution is 7.98. The van der Waals surface area contributed by atoms with Crippen molar-refractivity contribution in [2.75, 3.05) is 18.6 Å². The summed E-state index contributed by atoms with van der Waals surface area (Å²) in [6.45, 7) is 0.268. The van der Waals surface area contributed by atoms with Gasteiger partial charge in [-0.15, -0.1) is 0 Å². The van der Waals surface area contributed by atoms with Gasteiger partial charge in [-0.1, -0.05) is 18.2 Å². The molecule has 1 aromatic heterocycles. The molecule has 3 rings (SSSR count). The van der Waals surface area contributed by atoms with Crippen molar-refractivity contribution in [2.45, 2.75) is 56.3 Å². The highest BCUT2D eigenvalue weighted by Gasteiger charge is 2.39. The first-order chi connectivity index (χ1) is 18.1. The van der Waals surface area contributed by atoms with Crippen LogP contribution in [0.2, 0.25) is 0 Å². The van der Waals surface area contributed by atoms with Crippen LogP contribution in [0.25, 0.3) is 10.9 Å². The number of nitrogens with zero attached hydrogens (tertiary/aromatic N) is 1. The van der Waals surface area contributed by atoms with E-state index in [9.17, 15) is 29.1 Å². The predicted octanol–water partition coefficient (Wildman–Crippen LogP) is 0.311. The summed E-state index contributed by atoms with van der Waals surface area (Å²) in [5.74, 6) is -3.75. The molecule has 1 saturated heterocycles. The second-order valence-electron chi connectivity index (χ2n) is 9.20. The first-order valence-corrected chi connectivity index (χ1v) is 13.7. The van der Waals surface area contributed by atoms with Gasteiger partial charge in [-0.25, -0.2) is 4.79 Å². The summed E-state index contributed by atoms with van der Waals surface area (Å²) in [6.07, 6.45) is 4.16. The van der Waals surface area contributed by atoms with E-state index in [-0.39, 0.29) is 19.4 Å². The lowest BCUT2D eigenvalue weighted by Gasteiger charge is -2.30. The topological polar surface area (TPSA) is 195 Å². The largest absolute Gasteiger partial charge is 0.481 e.